The van der Waals surface area contributed by atoms with E-state index in [1.807, 2.05) is 22.9 Å². The second-order valence-corrected chi connectivity index (χ2v) is 8.82. The average molecular weight is 470 g/mol. The number of anilines is 2. The summed E-state index contributed by atoms with van der Waals surface area (Å²) in [6, 6.07) is 2.06. The standard InChI is InChI=1S/C22H31N9O3/c1-29(22(32)31-4-2-24-3-5-31)16-10-17(11-16)34-19-12-18(15-13-25-20(23)26-14-15)27-21(28-19)30-6-8-33-9-7-30/h12-14,16-17,24H,2-11H2,1H3,(H2,23,25,26)/t16-,17-. The molecule has 34 heavy (non-hydrogen) atoms. The normalized spacial score (nSPS) is 22.7. The third-order valence-electron chi connectivity index (χ3n) is 6.55. The molecule has 3 fully saturated rings. The Labute approximate surface area is 198 Å². The van der Waals surface area contributed by atoms with Gasteiger partial charge in [-0.15, -0.1) is 0 Å². The van der Waals surface area contributed by atoms with Crippen LogP contribution in [0.5, 0.6) is 5.88 Å². The molecule has 1 saturated carbocycles. The molecule has 0 spiro atoms. The van der Waals surface area contributed by atoms with Gasteiger partial charge in [0.05, 0.1) is 18.9 Å². The number of piperazine rings is 1. The zero-order chi connectivity index (χ0) is 23.5. The van der Waals surface area contributed by atoms with Crippen molar-refractivity contribution in [1.82, 2.24) is 35.1 Å². The van der Waals surface area contributed by atoms with Gasteiger partial charge in [-0.05, 0) is 0 Å². The molecule has 5 rings (SSSR count). The number of nitrogens with one attached hydrogen (secondary N) is 1. The number of ether oxygens (including phenoxy) is 2. The van der Waals surface area contributed by atoms with Crippen molar-refractivity contribution < 1.29 is 14.3 Å². The molecule has 4 heterocycles. The van der Waals surface area contributed by atoms with E-state index in [-0.39, 0.29) is 24.1 Å². The molecule has 1 aliphatic carbocycles. The monoisotopic (exact) mass is 469 g/mol. The van der Waals surface area contributed by atoms with Gasteiger partial charge in [0.15, 0.2) is 0 Å². The Morgan fingerprint density at radius 3 is 2.56 bits per heavy atom. The van der Waals surface area contributed by atoms with Gasteiger partial charge >= 0.3 is 6.03 Å². The quantitative estimate of drug-likeness (QED) is 0.626. The second-order valence-electron chi connectivity index (χ2n) is 8.82. The van der Waals surface area contributed by atoms with E-state index in [4.69, 9.17) is 20.2 Å². The highest BCUT2D eigenvalue weighted by molar-refractivity contribution is 5.74. The zero-order valence-electron chi connectivity index (χ0n) is 19.4. The molecule has 12 heteroatoms. The van der Waals surface area contributed by atoms with Crippen molar-refractivity contribution in [3.8, 4) is 17.1 Å². The van der Waals surface area contributed by atoms with Crippen LogP contribution in [-0.2, 0) is 4.74 Å². The van der Waals surface area contributed by atoms with E-state index in [2.05, 4.69) is 25.2 Å². The third-order valence-corrected chi connectivity index (χ3v) is 6.55. The molecule has 0 radical (unpaired) electrons. The van der Waals surface area contributed by atoms with Gasteiger partial charge in [0.2, 0.25) is 17.8 Å². The number of nitrogen functional groups attached to an aromatic ring is 1. The van der Waals surface area contributed by atoms with E-state index in [9.17, 15) is 4.79 Å². The first kappa shape index (κ1) is 22.5. The Bertz CT molecular complexity index is 988. The van der Waals surface area contributed by atoms with E-state index in [0.717, 1.165) is 44.6 Å². The molecule has 0 unspecified atom stereocenters. The maximum Gasteiger partial charge on any atom is 0.320 e. The van der Waals surface area contributed by atoms with Gasteiger partial charge in [-0.1, -0.05) is 0 Å². The second kappa shape index (κ2) is 9.94. The molecular weight excluding hydrogens is 438 g/mol. The highest BCUT2D eigenvalue weighted by Gasteiger charge is 2.37. The lowest BCUT2D eigenvalue weighted by molar-refractivity contribution is 0.0320. The molecule has 2 aliphatic heterocycles. The topological polar surface area (TPSA) is 135 Å². The van der Waals surface area contributed by atoms with Gasteiger partial charge in [0.1, 0.15) is 6.10 Å². The molecule has 0 atom stereocenters. The summed E-state index contributed by atoms with van der Waals surface area (Å²) in [4.78, 5) is 36.2. The van der Waals surface area contributed by atoms with Gasteiger partial charge in [-0.2, -0.15) is 4.98 Å². The summed E-state index contributed by atoms with van der Waals surface area (Å²) in [5.74, 6) is 1.31. The fourth-order valence-electron chi connectivity index (χ4n) is 4.35. The zero-order valence-corrected chi connectivity index (χ0v) is 19.4. The van der Waals surface area contributed by atoms with E-state index in [1.54, 1.807) is 12.4 Å². The lowest BCUT2D eigenvalue weighted by Gasteiger charge is -2.43. The van der Waals surface area contributed by atoms with E-state index < -0.39 is 0 Å². The molecule has 2 aromatic heterocycles. The van der Waals surface area contributed by atoms with Crippen molar-refractivity contribution in [2.75, 3.05) is 70.2 Å². The van der Waals surface area contributed by atoms with Crippen LogP contribution in [0.2, 0.25) is 0 Å². The van der Waals surface area contributed by atoms with E-state index in [0.29, 0.717) is 43.8 Å². The number of urea groups is 1. The van der Waals surface area contributed by atoms with Gasteiger partial charge in [0.25, 0.3) is 0 Å². The molecular formula is C22H31N9O3. The number of aromatic nitrogens is 4. The number of hydrogen-bond donors (Lipinski definition) is 2. The maximum absolute atomic E-state index is 12.8. The van der Waals surface area contributed by atoms with Crippen LogP contribution in [0.1, 0.15) is 12.8 Å². The first-order valence-electron chi connectivity index (χ1n) is 11.8. The maximum atomic E-state index is 12.8. The number of nitrogens with zero attached hydrogens (tertiary/aromatic N) is 7. The number of rotatable bonds is 5. The number of morpholine rings is 1. The number of carbonyl (C=O) groups is 1. The minimum Gasteiger partial charge on any atom is -0.474 e. The molecule has 0 bridgehead atoms. The van der Waals surface area contributed by atoms with Crippen LogP contribution in [0.3, 0.4) is 0 Å². The Balaban J connectivity index is 1.27. The summed E-state index contributed by atoms with van der Waals surface area (Å²) in [7, 11) is 1.88. The van der Waals surface area contributed by atoms with Gasteiger partial charge in [-0.3, -0.25) is 0 Å². The minimum absolute atomic E-state index is 0.00812. The highest BCUT2D eigenvalue weighted by atomic mass is 16.5. The Kier molecular flexibility index (Phi) is 6.59. The molecule has 0 aromatic carbocycles. The molecule has 2 saturated heterocycles. The van der Waals surface area contributed by atoms with Crippen molar-refractivity contribution in [2.24, 2.45) is 0 Å². The molecule has 182 valence electrons. The van der Waals surface area contributed by atoms with Gasteiger partial charge in [-0.25, -0.2) is 19.7 Å². The van der Waals surface area contributed by atoms with Gasteiger partial charge in [0, 0.05) is 89.2 Å². The van der Waals surface area contributed by atoms with Crippen LogP contribution in [0.15, 0.2) is 18.5 Å². The Morgan fingerprint density at radius 2 is 1.85 bits per heavy atom. The summed E-state index contributed by atoms with van der Waals surface area (Å²) in [6.45, 7) is 5.88. The summed E-state index contributed by atoms with van der Waals surface area (Å²) < 4.78 is 11.7. The van der Waals surface area contributed by atoms with E-state index >= 15 is 0 Å². The first-order valence-corrected chi connectivity index (χ1v) is 11.8. The highest BCUT2D eigenvalue weighted by Crippen LogP contribution is 2.31. The average Bonchev–Trinajstić information content (AvgIpc) is 2.86. The summed E-state index contributed by atoms with van der Waals surface area (Å²) in [5, 5.41) is 3.28. The van der Waals surface area contributed by atoms with Crippen LogP contribution in [-0.4, -0.2) is 107 Å². The number of carbonyl (C=O) groups excluding carboxylic acids is 1. The SMILES string of the molecule is CN(C(=O)N1CCNCC1)[C@H]1C[C@H](Oc2cc(-c3cnc(N)nc3)nc(N3CCOCC3)n2)C1. The van der Waals surface area contributed by atoms with Crippen LogP contribution in [0.25, 0.3) is 11.3 Å². The van der Waals surface area contributed by atoms with Crippen LogP contribution < -0.4 is 20.7 Å². The smallest absolute Gasteiger partial charge is 0.320 e. The van der Waals surface area contributed by atoms with Crippen molar-refractivity contribution in [3.63, 3.8) is 0 Å². The largest absolute Gasteiger partial charge is 0.474 e. The fourth-order valence-corrected chi connectivity index (χ4v) is 4.35. The van der Waals surface area contributed by atoms with Crippen LogP contribution in [0.4, 0.5) is 16.7 Å². The number of nitrogens with two attached hydrogens (primary N) is 1. The summed E-state index contributed by atoms with van der Waals surface area (Å²) in [5.41, 5.74) is 7.06. The molecule has 12 nitrogen and oxygen atoms in total. The van der Waals surface area contributed by atoms with Crippen molar-refractivity contribution in [1.29, 1.82) is 0 Å². The lowest BCUT2D eigenvalue weighted by Crippen LogP contribution is -2.56. The predicted octanol–water partition coefficient (Wildman–Crippen LogP) is 0.219. The molecule has 3 N–H and O–H groups in total. The predicted molar refractivity (Wildman–Crippen MR) is 126 cm³/mol. The molecule has 2 aromatic rings. The van der Waals surface area contributed by atoms with Crippen LogP contribution >= 0.6 is 0 Å². The minimum atomic E-state index is -0.00812. The lowest BCUT2D eigenvalue weighted by atomic mass is 9.88. The van der Waals surface area contributed by atoms with E-state index in [1.165, 1.54) is 0 Å². The van der Waals surface area contributed by atoms with Crippen molar-refractivity contribution in [3.05, 3.63) is 18.5 Å². The van der Waals surface area contributed by atoms with Crippen LogP contribution in [0, 0.1) is 0 Å². The molecule has 3 aliphatic rings. The number of hydrogen-bond acceptors (Lipinski definition) is 10. The number of amides is 2. The Hall–Kier alpha value is -3.25. The third kappa shape index (κ3) is 4.97. The first-order chi connectivity index (χ1) is 16.6. The van der Waals surface area contributed by atoms with Crippen molar-refractivity contribution in [2.45, 2.75) is 25.0 Å². The van der Waals surface area contributed by atoms with Gasteiger partial charge < -0.3 is 35.2 Å². The summed E-state index contributed by atoms with van der Waals surface area (Å²) in [6.07, 6.45) is 4.82. The van der Waals surface area contributed by atoms with Crippen molar-refractivity contribution >= 4 is 17.9 Å². The molecule has 2 amide bonds. The fraction of sp³-hybridized carbons (Fsp3) is 0.591. The Morgan fingerprint density at radius 1 is 1.15 bits per heavy atom. The summed E-state index contributed by atoms with van der Waals surface area (Å²) >= 11 is 0.